The zero-order valence-electron chi connectivity index (χ0n) is 10.9. The fraction of sp³-hybridized carbons (Fsp3) is 0.417. The van der Waals surface area contributed by atoms with Gasteiger partial charge in [0, 0.05) is 12.7 Å². The van der Waals surface area contributed by atoms with Gasteiger partial charge in [0.1, 0.15) is 16.5 Å². The van der Waals surface area contributed by atoms with Crippen molar-refractivity contribution in [3.05, 3.63) is 29.3 Å². The fourth-order valence-electron chi connectivity index (χ4n) is 2.04. The molecule has 1 saturated heterocycles. The first kappa shape index (κ1) is 15.8. The first-order valence-corrected chi connectivity index (χ1v) is 7.74. The number of hydrogen-bond acceptors (Lipinski definition) is 4. The molecule has 21 heavy (non-hydrogen) atoms. The lowest BCUT2D eigenvalue weighted by atomic mass is 10.1. The Balaban J connectivity index is 2.28. The van der Waals surface area contributed by atoms with Crippen LogP contribution in [0.5, 0.6) is 0 Å². The third-order valence-corrected chi connectivity index (χ3v) is 3.99. The van der Waals surface area contributed by atoms with E-state index in [1.54, 1.807) is 0 Å². The number of primary sulfonamides is 1. The van der Waals surface area contributed by atoms with Crippen LogP contribution < -0.4 is 10.5 Å². The maximum atomic E-state index is 13.7. The fourth-order valence-corrected chi connectivity index (χ4v) is 2.65. The molecule has 1 amide bonds. The monoisotopic (exact) mass is 320 g/mol. The van der Waals surface area contributed by atoms with Gasteiger partial charge in [-0.25, -0.2) is 22.3 Å². The quantitative estimate of drug-likeness (QED) is 0.848. The van der Waals surface area contributed by atoms with Gasteiger partial charge in [0.2, 0.25) is 10.0 Å². The molecule has 6 nitrogen and oxygen atoms in total. The van der Waals surface area contributed by atoms with Crippen LogP contribution in [0, 0.1) is 11.6 Å². The van der Waals surface area contributed by atoms with Crippen LogP contribution in [0.3, 0.4) is 0 Å². The summed E-state index contributed by atoms with van der Waals surface area (Å²) in [4.78, 5) is 11.0. The lowest BCUT2D eigenvalue weighted by molar-refractivity contribution is 0.0622. The number of hydrogen-bond donors (Lipinski definition) is 2. The molecule has 0 spiro atoms. The minimum atomic E-state index is -4.39. The SMILES string of the molecule is NS(=O)(=O)c1cc(C(=O)NC2CCCOC2)c(F)cc1F. The van der Waals surface area contributed by atoms with Gasteiger partial charge in [0.15, 0.2) is 0 Å². The van der Waals surface area contributed by atoms with Gasteiger partial charge in [-0.2, -0.15) is 0 Å². The molecule has 1 aromatic carbocycles. The second kappa shape index (κ2) is 6.04. The Kier molecular flexibility index (Phi) is 4.55. The van der Waals surface area contributed by atoms with Crippen molar-refractivity contribution in [1.82, 2.24) is 5.32 Å². The Hall–Kier alpha value is -1.58. The van der Waals surface area contributed by atoms with Gasteiger partial charge in [-0.05, 0) is 18.9 Å². The number of carbonyl (C=O) groups is 1. The van der Waals surface area contributed by atoms with Crippen LogP contribution in [-0.2, 0) is 14.8 Å². The number of amides is 1. The molecule has 0 saturated carbocycles. The normalized spacial score (nSPS) is 19.3. The van der Waals surface area contributed by atoms with Crippen molar-refractivity contribution >= 4 is 15.9 Å². The highest BCUT2D eigenvalue weighted by atomic mass is 32.2. The smallest absolute Gasteiger partial charge is 0.254 e. The molecule has 2 rings (SSSR count). The largest absolute Gasteiger partial charge is 0.379 e. The van der Waals surface area contributed by atoms with E-state index in [0.717, 1.165) is 6.42 Å². The molecule has 1 fully saturated rings. The summed E-state index contributed by atoms with van der Waals surface area (Å²) in [5.74, 6) is -3.34. The van der Waals surface area contributed by atoms with Crippen molar-refractivity contribution in [2.24, 2.45) is 5.14 Å². The van der Waals surface area contributed by atoms with Crippen molar-refractivity contribution in [3.8, 4) is 0 Å². The van der Waals surface area contributed by atoms with Gasteiger partial charge in [-0.15, -0.1) is 0 Å². The summed E-state index contributed by atoms with van der Waals surface area (Å²) in [6.45, 7) is 0.878. The standard InChI is InChI=1S/C12H14F2N2O4S/c13-9-5-10(14)11(21(15,18)19)4-8(9)12(17)16-7-2-1-3-20-6-7/h4-5,7H,1-3,6H2,(H,16,17)(H2,15,18,19). The van der Waals surface area contributed by atoms with Crippen LogP contribution in [0.4, 0.5) is 8.78 Å². The Morgan fingerprint density at radius 2 is 2.05 bits per heavy atom. The Morgan fingerprint density at radius 3 is 2.62 bits per heavy atom. The van der Waals surface area contributed by atoms with Gasteiger partial charge in [-0.3, -0.25) is 4.79 Å². The maximum absolute atomic E-state index is 13.7. The van der Waals surface area contributed by atoms with E-state index in [1.165, 1.54) is 0 Å². The lowest BCUT2D eigenvalue weighted by Gasteiger charge is -2.23. The molecule has 1 unspecified atom stereocenters. The molecule has 0 bridgehead atoms. The summed E-state index contributed by atoms with van der Waals surface area (Å²) in [5.41, 5.74) is -0.578. The summed E-state index contributed by atoms with van der Waals surface area (Å²) < 4.78 is 54.6. The number of carbonyl (C=O) groups excluding carboxylic acids is 1. The van der Waals surface area contributed by atoms with E-state index >= 15 is 0 Å². The van der Waals surface area contributed by atoms with Crippen LogP contribution in [0.15, 0.2) is 17.0 Å². The number of rotatable bonds is 3. The number of sulfonamides is 1. The zero-order chi connectivity index (χ0) is 15.6. The number of ether oxygens (including phenoxy) is 1. The van der Waals surface area contributed by atoms with Crippen LogP contribution >= 0.6 is 0 Å². The highest BCUT2D eigenvalue weighted by Gasteiger charge is 2.24. The first-order valence-electron chi connectivity index (χ1n) is 6.19. The Bertz CT molecular complexity index is 657. The number of halogens is 2. The van der Waals surface area contributed by atoms with Gasteiger partial charge >= 0.3 is 0 Å². The van der Waals surface area contributed by atoms with Gasteiger partial charge in [0.25, 0.3) is 5.91 Å². The number of nitrogens with two attached hydrogens (primary N) is 1. The second-order valence-corrected chi connectivity index (χ2v) is 6.22. The minimum Gasteiger partial charge on any atom is -0.379 e. The van der Waals surface area contributed by atoms with Crippen molar-refractivity contribution in [3.63, 3.8) is 0 Å². The van der Waals surface area contributed by atoms with Gasteiger partial charge in [-0.1, -0.05) is 0 Å². The molecule has 1 atom stereocenters. The van der Waals surface area contributed by atoms with E-state index in [9.17, 15) is 22.0 Å². The van der Waals surface area contributed by atoms with E-state index in [0.29, 0.717) is 25.2 Å². The summed E-state index contributed by atoms with van der Waals surface area (Å²) in [5, 5.41) is 7.33. The summed E-state index contributed by atoms with van der Waals surface area (Å²) in [7, 11) is -4.39. The molecule has 3 N–H and O–H groups in total. The molecule has 0 aliphatic carbocycles. The van der Waals surface area contributed by atoms with E-state index in [1.807, 2.05) is 0 Å². The average Bonchev–Trinajstić information content (AvgIpc) is 2.38. The molecule has 1 heterocycles. The molecule has 0 radical (unpaired) electrons. The first-order chi connectivity index (χ1) is 9.79. The molecular weight excluding hydrogens is 306 g/mol. The molecule has 0 aromatic heterocycles. The van der Waals surface area contributed by atoms with Crippen LogP contribution in [-0.4, -0.2) is 33.6 Å². The molecular formula is C12H14F2N2O4S. The molecule has 1 aliphatic heterocycles. The summed E-state index contributed by atoms with van der Waals surface area (Å²) >= 11 is 0. The van der Waals surface area contributed by atoms with Crippen molar-refractivity contribution in [2.45, 2.75) is 23.8 Å². The van der Waals surface area contributed by atoms with Crippen molar-refractivity contribution < 1.29 is 26.7 Å². The highest BCUT2D eigenvalue weighted by molar-refractivity contribution is 7.89. The Labute approximate surface area is 120 Å². The maximum Gasteiger partial charge on any atom is 0.254 e. The number of benzene rings is 1. The van der Waals surface area contributed by atoms with E-state index in [2.05, 4.69) is 5.32 Å². The van der Waals surface area contributed by atoms with Gasteiger partial charge in [0.05, 0.1) is 18.2 Å². The number of nitrogens with one attached hydrogen (secondary N) is 1. The van der Waals surface area contributed by atoms with Gasteiger partial charge < -0.3 is 10.1 Å². The zero-order valence-corrected chi connectivity index (χ0v) is 11.8. The molecule has 9 heteroatoms. The Morgan fingerprint density at radius 1 is 1.33 bits per heavy atom. The van der Waals surface area contributed by atoms with E-state index < -0.39 is 38.0 Å². The van der Waals surface area contributed by atoms with Crippen molar-refractivity contribution in [1.29, 1.82) is 0 Å². The third kappa shape index (κ3) is 3.74. The van der Waals surface area contributed by atoms with Crippen LogP contribution in [0.1, 0.15) is 23.2 Å². The van der Waals surface area contributed by atoms with Crippen LogP contribution in [0.25, 0.3) is 0 Å². The molecule has 1 aromatic rings. The van der Waals surface area contributed by atoms with Crippen LogP contribution in [0.2, 0.25) is 0 Å². The van der Waals surface area contributed by atoms with E-state index in [-0.39, 0.29) is 12.6 Å². The summed E-state index contributed by atoms with van der Waals surface area (Å²) in [6, 6.07) is 0.624. The van der Waals surface area contributed by atoms with E-state index in [4.69, 9.17) is 9.88 Å². The summed E-state index contributed by atoms with van der Waals surface area (Å²) in [6.07, 6.45) is 1.41. The molecule has 116 valence electrons. The van der Waals surface area contributed by atoms with Crippen molar-refractivity contribution in [2.75, 3.05) is 13.2 Å². The predicted octanol–water partition coefficient (Wildman–Crippen LogP) is 0.521. The second-order valence-electron chi connectivity index (χ2n) is 4.70. The predicted molar refractivity (Wildman–Crippen MR) is 69.0 cm³/mol. The average molecular weight is 320 g/mol. The third-order valence-electron chi connectivity index (χ3n) is 3.07. The topological polar surface area (TPSA) is 98.5 Å². The lowest BCUT2D eigenvalue weighted by Crippen LogP contribution is -2.41. The minimum absolute atomic E-state index is 0.288. The highest BCUT2D eigenvalue weighted by Crippen LogP contribution is 2.19. The molecule has 1 aliphatic rings.